The van der Waals surface area contributed by atoms with Gasteiger partial charge in [0.25, 0.3) is 0 Å². The van der Waals surface area contributed by atoms with Crippen LogP contribution in [0.25, 0.3) is 0 Å². The molecule has 2 aliphatic rings. The molecular formula is C19H26N3O3S+. The number of ketones is 2. The lowest BCUT2D eigenvalue weighted by atomic mass is 9.80. The van der Waals surface area contributed by atoms with Gasteiger partial charge in [-0.05, 0) is 11.4 Å². The molecule has 1 saturated heterocycles. The fourth-order valence-corrected chi connectivity index (χ4v) is 4.50. The van der Waals surface area contributed by atoms with Gasteiger partial charge in [0.05, 0.1) is 39.3 Å². The van der Waals surface area contributed by atoms with Gasteiger partial charge in [-0.15, -0.1) is 11.3 Å². The number of Topliss-reactive ketones (excluding diaryl/α,β-unsaturated/α-hetero) is 2. The molecule has 26 heavy (non-hydrogen) atoms. The first-order chi connectivity index (χ1) is 12.5. The lowest BCUT2D eigenvalue weighted by Crippen LogP contribution is -3.15. The lowest BCUT2D eigenvalue weighted by Gasteiger charge is -2.31. The van der Waals surface area contributed by atoms with E-state index in [0.717, 1.165) is 37.6 Å². The van der Waals surface area contributed by atoms with E-state index in [2.05, 4.69) is 4.99 Å². The largest absolute Gasteiger partial charge is 0.332 e. The van der Waals surface area contributed by atoms with Crippen LogP contribution in [-0.4, -0.2) is 67.9 Å². The number of aliphatic imine (C=N–C) groups is 1. The fraction of sp³-hybridized carbons (Fsp3) is 0.579. The van der Waals surface area contributed by atoms with E-state index in [-0.39, 0.29) is 23.4 Å². The minimum atomic E-state index is -0.657. The van der Waals surface area contributed by atoms with E-state index in [1.165, 1.54) is 4.90 Å². The highest BCUT2D eigenvalue weighted by molar-refractivity contribution is 7.10. The molecule has 0 unspecified atom stereocenters. The van der Waals surface area contributed by atoms with Crippen LogP contribution in [0.1, 0.15) is 30.6 Å². The summed E-state index contributed by atoms with van der Waals surface area (Å²) < 4.78 is 0. The van der Waals surface area contributed by atoms with Crippen LogP contribution in [0.3, 0.4) is 0 Å². The number of hydrogen-bond donors (Lipinski definition) is 1. The SMILES string of the molecule is CC(=O)N1CC[NH+](CCN=CC2C(=O)CC(c3cccs3)CC2=O)CC1. The normalized spacial score (nSPS) is 25.2. The van der Waals surface area contributed by atoms with Crippen molar-refractivity contribution in [2.24, 2.45) is 10.9 Å². The molecule has 1 aromatic rings. The number of nitrogens with zero attached hydrogens (tertiary/aromatic N) is 2. The molecule has 0 radical (unpaired) electrons. The predicted octanol–water partition coefficient (Wildman–Crippen LogP) is 0.198. The number of rotatable bonds is 5. The van der Waals surface area contributed by atoms with Crippen LogP contribution < -0.4 is 4.90 Å². The van der Waals surface area contributed by atoms with Crippen LogP contribution in [0.5, 0.6) is 0 Å². The number of carbonyl (C=O) groups is 3. The van der Waals surface area contributed by atoms with E-state index in [1.807, 2.05) is 22.4 Å². The van der Waals surface area contributed by atoms with Gasteiger partial charge in [-0.25, -0.2) is 0 Å². The second-order valence-electron chi connectivity index (χ2n) is 7.09. The van der Waals surface area contributed by atoms with E-state index >= 15 is 0 Å². The van der Waals surface area contributed by atoms with Gasteiger partial charge in [0.15, 0.2) is 0 Å². The number of piperazine rings is 1. The molecule has 1 aliphatic carbocycles. The molecule has 1 saturated carbocycles. The van der Waals surface area contributed by atoms with Crippen molar-refractivity contribution in [2.45, 2.75) is 25.7 Å². The van der Waals surface area contributed by atoms with Crippen molar-refractivity contribution < 1.29 is 19.3 Å². The molecule has 7 heteroatoms. The number of hydrogen-bond acceptors (Lipinski definition) is 5. The maximum atomic E-state index is 12.4. The summed E-state index contributed by atoms with van der Waals surface area (Å²) in [6.45, 7) is 6.53. The molecule has 1 N–H and O–H groups in total. The molecule has 0 spiro atoms. The third-order valence-corrected chi connectivity index (χ3v) is 6.33. The fourth-order valence-electron chi connectivity index (χ4n) is 3.67. The Balaban J connectivity index is 1.43. The first-order valence-electron chi connectivity index (χ1n) is 9.22. The van der Waals surface area contributed by atoms with Crippen molar-refractivity contribution in [2.75, 3.05) is 39.3 Å². The molecule has 1 aromatic heterocycles. The summed E-state index contributed by atoms with van der Waals surface area (Å²) in [6, 6.07) is 3.96. The van der Waals surface area contributed by atoms with Gasteiger partial charge in [-0.1, -0.05) is 6.07 Å². The van der Waals surface area contributed by atoms with Gasteiger partial charge >= 0.3 is 0 Å². The van der Waals surface area contributed by atoms with Gasteiger partial charge < -0.3 is 9.80 Å². The Kier molecular flexibility index (Phi) is 6.32. The van der Waals surface area contributed by atoms with Crippen molar-refractivity contribution in [1.29, 1.82) is 0 Å². The lowest BCUT2D eigenvalue weighted by molar-refractivity contribution is -0.902. The van der Waals surface area contributed by atoms with Gasteiger partial charge in [0.2, 0.25) is 5.91 Å². The highest BCUT2D eigenvalue weighted by Gasteiger charge is 2.35. The minimum Gasteiger partial charge on any atom is -0.332 e. The molecule has 0 atom stereocenters. The Morgan fingerprint density at radius 1 is 1.31 bits per heavy atom. The van der Waals surface area contributed by atoms with Crippen LogP contribution in [0.2, 0.25) is 0 Å². The molecule has 2 fully saturated rings. The Morgan fingerprint density at radius 3 is 2.58 bits per heavy atom. The van der Waals surface area contributed by atoms with Gasteiger partial charge in [0.1, 0.15) is 17.5 Å². The quantitative estimate of drug-likeness (QED) is 0.589. The first kappa shape index (κ1) is 18.9. The zero-order valence-corrected chi connectivity index (χ0v) is 16.0. The zero-order valence-electron chi connectivity index (χ0n) is 15.1. The Morgan fingerprint density at radius 2 is 2.00 bits per heavy atom. The number of amides is 1. The molecule has 1 aliphatic heterocycles. The first-order valence-corrected chi connectivity index (χ1v) is 10.1. The van der Waals surface area contributed by atoms with Crippen molar-refractivity contribution in [3.8, 4) is 0 Å². The van der Waals surface area contributed by atoms with Crippen LogP contribution in [0, 0.1) is 5.92 Å². The Labute approximate surface area is 157 Å². The zero-order chi connectivity index (χ0) is 18.5. The van der Waals surface area contributed by atoms with Crippen molar-refractivity contribution in [1.82, 2.24) is 4.90 Å². The second-order valence-corrected chi connectivity index (χ2v) is 8.07. The van der Waals surface area contributed by atoms with E-state index < -0.39 is 5.92 Å². The predicted molar refractivity (Wildman–Crippen MR) is 101 cm³/mol. The summed E-state index contributed by atoms with van der Waals surface area (Å²) in [7, 11) is 0. The third kappa shape index (κ3) is 4.65. The summed E-state index contributed by atoms with van der Waals surface area (Å²) >= 11 is 1.61. The van der Waals surface area contributed by atoms with Crippen LogP contribution in [0.4, 0.5) is 0 Å². The number of quaternary nitrogens is 1. The molecule has 3 rings (SSSR count). The van der Waals surface area contributed by atoms with Gasteiger partial charge in [-0.2, -0.15) is 0 Å². The molecule has 6 nitrogen and oxygen atoms in total. The van der Waals surface area contributed by atoms with Crippen molar-refractivity contribution >= 4 is 35.0 Å². The highest BCUT2D eigenvalue weighted by atomic mass is 32.1. The average Bonchev–Trinajstić information content (AvgIpc) is 3.15. The second kappa shape index (κ2) is 8.68. The van der Waals surface area contributed by atoms with E-state index in [1.54, 1.807) is 24.5 Å². The van der Waals surface area contributed by atoms with Crippen molar-refractivity contribution in [3.05, 3.63) is 22.4 Å². The topological polar surface area (TPSA) is 71.2 Å². The minimum absolute atomic E-state index is 0.00850. The van der Waals surface area contributed by atoms with E-state index in [9.17, 15) is 14.4 Å². The van der Waals surface area contributed by atoms with E-state index in [4.69, 9.17) is 0 Å². The number of nitrogens with one attached hydrogen (secondary N) is 1. The average molecular weight is 377 g/mol. The van der Waals surface area contributed by atoms with Crippen LogP contribution >= 0.6 is 11.3 Å². The summed E-state index contributed by atoms with van der Waals surface area (Å²) in [5.74, 6) is -0.494. The third-order valence-electron chi connectivity index (χ3n) is 5.30. The molecule has 1 amide bonds. The standard InChI is InChI=1S/C19H25N3O3S/c1-14(23)22-8-6-21(7-9-22)5-4-20-13-16-17(24)11-15(12-18(16)25)19-3-2-10-26-19/h2-3,10,13,15-16H,4-9,11-12H2,1H3/p+1. The van der Waals surface area contributed by atoms with Gasteiger partial charge in [0, 0.05) is 36.8 Å². The summed E-state index contributed by atoms with van der Waals surface area (Å²) in [5, 5.41) is 1.98. The maximum absolute atomic E-state index is 12.4. The summed E-state index contributed by atoms with van der Waals surface area (Å²) in [4.78, 5) is 44.8. The van der Waals surface area contributed by atoms with E-state index in [0.29, 0.717) is 19.4 Å². The monoisotopic (exact) mass is 376 g/mol. The number of carbonyl (C=O) groups excluding carboxylic acids is 3. The summed E-state index contributed by atoms with van der Waals surface area (Å²) in [6.07, 6.45) is 2.43. The van der Waals surface area contributed by atoms with Crippen molar-refractivity contribution in [3.63, 3.8) is 0 Å². The Hall–Kier alpha value is -1.86. The molecular weight excluding hydrogens is 350 g/mol. The van der Waals surface area contributed by atoms with Gasteiger partial charge in [-0.3, -0.25) is 19.4 Å². The molecule has 140 valence electrons. The van der Waals surface area contributed by atoms with Crippen LogP contribution in [0.15, 0.2) is 22.5 Å². The molecule has 0 bridgehead atoms. The molecule has 0 aromatic carbocycles. The molecule has 2 heterocycles. The van der Waals surface area contributed by atoms with Crippen LogP contribution in [-0.2, 0) is 14.4 Å². The Bertz CT molecular complexity index is 660. The number of thiophene rings is 1. The maximum Gasteiger partial charge on any atom is 0.219 e. The smallest absolute Gasteiger partial charge is 0.219 e. The highest BCUT2D eigenvalue weighted by Crippen LogP contribution is 2.33. The summed E-state index contributed by atoms with van der Waals surface area (Å²) in [5.41, 5.74) is 0.